The molecule has 0 spiro atoms. The van der Waals surface area contributed by atoms with Crippen molar-refractivity contribution >= 4 is 44.7 Å². The SMILES string of the molecule is CCCCN(C(=O)c1ccc2cc(OCC3CO3)ccc2c1)c1ccc(N(CCCC)C(=O)c2ccc3cc(OCC4CO4)ccc3c2)cc1. The van der Waals surface area contributed by atoms with Gasteiger partial charge in [0, 0.05) is 35.6 Å². The quantitative estimate of drug-likeness (QED) is 0.0979. The van der Waals surface area contributed by atoms with Crippen molar-refractivity contribution in [3.8, 4) is 11.5 Å². The molecule has 5 aromatic rings. The van der Waals surface area contributed by atoms with E-state index in [2.05, 4.69) is 13.8 Å². The van der Waals surface area contributed by atoms with Gasteiger partial charge in [-0.3, -0.25) is 9.59 Å². The summed E-state index contributed by atoms with van der Waals surface area (Å²) >= 11 is 0. The molecule has 50 heavy (non-hydrogen) atoms. The molecular weight excluding hydrogens is 628 g/mol. The van der Waals surface area contributed by atoms with Crippen LogP contribution in [0.2, 0.25) is 0 Å². The number of nitrogens with zero attached hydrogens (tertiary/aromatic N) is 2. The third-order valence-electron chi connectivity index (χ3n) is 9.23. The van der Waals surface area contributed by atoms with E-state index in [4.69, 9.17) is 18.9 Å². The molecule has 7 rings (SSSR count). The van der Waals surface area contributed by atoms with E-state index in [-0.39, 0.29) is 24.0 Å². The standard InChI is InChI=1S/C42H44N2O6/c1-3-5-19-43(41(45)33-9-7-31-23-37(17-11-29(31)21-33)47-25-39-27-49-39)35-13-15-36(16-14-35)44(20-6-4-2)42(46)34-10-8-32-24-38(18-12-30(32)22-34)48-26-40-28-50-40/h7-18,21-24,39-40H,3-6,19-20,25-28H2,1-2H3. The van der Waals surface area contributed by atoms with Gasteiger partial charge < -0.3 is 28.7 Å². The number of carbonyl (C=O) groups is 2. The molecule has 0 aromatic heterocycles. The summed E-state index contributed by atoms with van der Waals surface area (Å²) in [6, 6.07) is 31.3. The summed E-state index contributed by atoms with van der Waals surface area (Å²) in [6.45, 7) is 8.05. The minimum atomic E-state index is -0.0520. The van der Waals surface area contributed by atoms with Crippen molar-refractivity contribution in [1.82, 2.24) is 0 Å². The predicted molar refractivity (Wildman–Crippen MR) is 198 cm³/mol. The fourth-order valence-corrected chi connectivity index (χ4v) is 6.05. The molecule has 2 aliphatic rings. The van der Waals surface area contributed by atoms with Crippen LogP contribution in [-0.4, -0.2) is 63.5 Å². The van der Waals surface area contributed by atoms with Gasteiger partial charge in [0.05, 0.1) is 13.2 Å². The summed E-state index contributed by atoms with van der Waals surface area (Å²) in [5.41, 5.74) is 2.87. The summed E-state index contributed by atoms with van der Waals surface area (Å²) in [5.74, 6) is 1.49. The second-order valence-corrected chi connectivity index (χ2v) is 13.1. The first-order chi connectivity index (χ1) is 24.5. The van der Waals surface area contributed by atoms with Crippen LogP contribution in [0.5, 0.6) is 11.5 Å². The zero-order valence-corrected chi connectivity index (χ0v) is 28.8. The Bertz CT molecular complexity index is 1830. The number of epoxide rings is 2. The molecule has 8 nitrogen and oxygen atoms in total. The maximum absolute atomic E-state index is 14.0. The molecule has 0 saturated carbocycles. The molecule has 0 bridgehead atoms. The molecule has 2 unspecified atom stereocenters. The van der Waals surface area contributed by atoms with Gasteiger partial charge in [-0.15, -0.1) is 0 Å². The van der Waals surface area contributed by atoms with Crippen LogP contribution >= 0.6 is 0 Å². The largest absolute Gasteiger partial charge is 0.491 e. The Morgan fingerprint density at radius 2 is 0.960 bits per heavy atom. The summed E-state index contributed by atoms with van der Waals surface area (Å²) in [4.78, 5) is 31.7. The summed E-state index contributed by atoms with van der Waals surface area (Å²) in [7, 11) is 0. The normalized spacial score (nSPS) is 16.3. The van der Waals surface area contributed by atoms with Crippen molar-refractivity contribution in [3.05, 3.63) is 108 Å². The van der Waals surface area contributed by atoms with E-state index in [1.165, 1.54) is 0 Å². The zero-order valence-electron chi connectivity index (χ0n) is 28.8. The lowest BCUT2D eigenvalue weighted by atomic mass is 10.0. The van der Waals surface area contributed by atoms with Crippen LogP contribution in [0.1, 0.15) is 60.2 Å². The zero-order chi connectivity index (χ0) is 34.5. The average molecular weight is 673 g/mol. The molecule has 0 radical (unpaired) electrons. The van der Waals surface area contributed by atoms with Crippen molar-refractivity contribution in [1.29, 1.82) is 0 Å². The fourth-order valence-electron chi connectivity index (χ4n) is 6.05. The van der Waals surface area contributed by atoms with E-state index in [0.29, 0.717) is 37.4 Å². The number of anilines is 2. The number of benzene rings is 5. The Balaban J connectivity index is 1.09. The molecule has 2 heterocycles. The van der Waals surface area contributed by atoms with Crippen LogP contribution in [0.4, 0.5) is 11.4 Å². The Hall–Kier alpha value is -4.92. The van der Waals surface area contributed by atoms with Gasteiger partial charge in [0.25, 0.3) is 11.8 Å². The van der Waals surface area contributed by atoms with Crippen LogP contribution in [0.15, 0.2) is 97.1 Å². The molecule has 2 fully saturated rings. The van der Waals surface area contributed by atoms with Crippen molar-refractivity contribution in [2.75, 3.05) is 49.3 Å². The Morgan fingerprint density at radius 1 is 0.580 bits per heavy atom. The highest BCUT2D eigenvalue weighted by Gasteiger charge is 2.25. The minimum Gasteiger partial charge on any atom is -0.491 e. The van der Waals surface area contributed by atoms with E-state index in [1.807, 2.05) is 107 Å². The van der Waals surface area contributed by atoms with Crippen molar-refractivity contribution in [2.45, 2.75) is 51.7 Å². The van der Waals surface area contributed by atoms with Gasteiger partial charge >= 0.3 is 0 Å². The van der Waals surface area contributed by atoms with Gasteiger partial charge in [0.15, 0.2) is 0 Å². The molecule has 2 aliphatic heterocycles. The molecule has 5 aromatic carbocycles. The number of unbranched alkanes of at least 4 members (excludes halogenated alkanes) is 2. The van der Waals surface area contributed by atoms with Crippen LogP contribution in [0.25, 0.3) is 21.5 Å². The van der Waals surface area contributed by atoms with Crippen molar-refractivity contribution < 1.29 is 28.5 Å². The first-order valence-corrected chi connectivity index (χ1v) is 17.8. The number of ether oxygens (including phenoxy) is 4. The molecule has 0 N–H and O–H groups in total. The highest BCUT2D eigenvalue weighted by molar-refractivity contribution is 6.09. The van der Waals surface area contributed by atoms with Crippen LogP contribution < -0.4 is 19.3 Å². The average Bonchev–Trinajstić information content (AvgIpc) is 4.09. The van der Waals surface area contributed by atoms with Gasteiger partial charge in [0.2, 0.25) is 0 Å². The molecule has 0 aliphatic carbocycles. The number of rotatable bonds is 16. The molecule has 2 atom stereocenters. The second-order valence-electron chi connectivity index (χ2n) is 13.1. The van der Waals surface area contributed by atoms with Gasteiger partial charge in [-0.1, -0.05) is 51.0 Å². The van der Waals surface area contributed by atoms with Gasteiger partial charge in [-0.25, -0.2) is 0 Å². The lowest BCUT2D eigenvalue weighted by molar-refractivity contribution is 0.0978. The monoisotopic (exact) mass is 672 g/mol. The smallest absolute Gasteiger partial charge is 0.258 e. The minimum absolute atomic E-state index is 0.0520. The van der Waals surface area contributed by atoms with E-state index in [0.717, 1.165) is 83.3 Å². The molecule has 8 heteroatoms. The summed E-state index contributed by atoms with van der Waals surface area (Å²) in [5, 5.41) is 3.99. The maximum atomic E-state index is 14.0. The number of hydrogen-bond donors (Lipinski definition) is 0. The van der Waals surface area contributed by atoms with Crippen LogP contribution in [0.3, 0.4) is 0 Å². The van der Waals surface area contributed by atoms with E-state index < -0.39 is 0 Å². The highest BCUT2D eigenvalue weighted by atomic mass is 16.6. The van der Waals surface area contributed by atoms with Gasteiger partial charge in [0.1, 0.15) is 36.9 Å². The number of amides is 2. The van der Waals surface area contributed by atoms with Crippen molar-refractivity contribution in [3.63, 3.8) is 0 Å². The van der Waals surface area contributed by atoms with E-state index in [1.54, 1.807) is 0 Å². The first kappa shape index (κ1) is 33.6. The Morgan fingerprint density at radius 3 is 1.34 bits per heavy atom. The van der Waals surface area contributed by atoms with E-state index >= 15 is 0 Å². The first-order valence-electron chi connectivity index (χ1n) is 17.8. The third-order valence-corrected chi connectivity index (χ3v) is 9.23. The van der Waals surface area contributed by atoms with Crippen LogP contribution in [0, 0.1) is 0 Å². The number of hydrogen-bond acceptors (Lipinski definition) is 6. The maximum Gasteiger partial charge on any atom is 0.258 e. The van der Waals surface area contributed by atoms with Gasteiger partial charge in [-0.05, 0) is 107 Å². The van der Waals surface area contributed by atoms with Crippen molar-refractivity contribution in [2.24, 2.45) is 0 Å². The van der Waals surface area contributed by atoms with E-state index in [9.17, 15) is 9.59 Å². The van der Waals surface area contributed by atoms with Gasteiger partial charge in [-0.2, -0.15) is 0 Å². The fraction of sp³-hybridized carbons (Fsp3) is 0.333. The highest BCUT2D eigenvalue weighted by Crippen LogP contribution is 2.29. The summed E-state index contributed by atoms with van der Waals surface area (Å²) in [6.07, 6.45) is 4.06. The topological polar surface area (TPSA) is 84.1 Å². The molecule has 258 valence electrons. The van der Waals surface area contributed by atoms with Crippen LogP contribution in [-0.2, 0) is 9.47 Å². The third kappa shape index (κ3) is 8.09. The lowest BCUT2D eigenvalue weighted by Gasteiger charge is -2.26. The molecule has 2 saturated heterocycles. The predicted octanol–water partition coefficient (Wildman–Crippen LogP) is 8.44. The number of carbonyl (C=O) groups excluding carboxylic acids is 2. The second kappa shape index (κ2) is 15.3. The Labute approximate surface area is 293 Å². The molecule has 2 amide bonds. The number of fused-ring (bicyclic) bond motifs is 2. The lowest BCUT2D eigenvalue weighted by Crippen LogP contribution is -2.33. The summed E-state index contributed by atoms with van der Waals surface area (Å²) < 4.78 is 22.2. The Kier molecular flexibility index (Phi) is 10.3. The molecular formula is C42H44N2O6.